The fraction of sp³-hybridized carbons (Fsp3) is 0.625. The van der Waals surface area contributed by atoms with E-state index < -0.39 is 15.6 Å². The summed E-state index contributed by atoms with van der Waals surface area (Å²) >= 11 is 0. The monoisotopic (exact) mass is 312 g/mol. The molecule has 0 radical (unpaired) electrons. The Morgan fingerprint density at radius 1 is 1.10 bits per heavy atom. The summed E-state index contributed by atoms with van der Waals surface area (Å²) in [5.41, 5.74) is 7.30. The zero-order valence-electron chi connectivity index (χ0n) is 14.2. The Bertz CT molecular complexity index is 626. The third-order valence-electron chi connectivity index (χ3n) is 3.36. The second-order valence-corrected chi connectivity index (χ2v) is 9.27. The minimum atomic E-state index is -3.65. The lowest BCUT2D eigenvalue weighted by atomic mass is 9.82. The van der Waals surface area contributed by atoms with E-state index in [-0.39, 0.29) is 16.0 Å². The first-order valence-corrected chi connectivity index (χ1v) is 8.63. The molecule has 1 aromatic carbocycles. The Labute approximate surface area is 129 Å². The zero-order chi connectivity index (χ0) is 16.6. The van der Waals surface area contributed by atoms with Crippen LogP contribution < -0.4 is 10.5 Å². The molecule has 0 saturated carbocycles. The highest BCUT2D eigenvalue weighted by Crippen LogP contribution is 2.30. The van der Waals surface area contributed by atoms with E-state index in [0.717, 1.165) is 12.0 Å². The van der Waals surface area contributed by atoms with Crippen LogP contribution >= 0.6 is 0 Å². The van der Waals surface area contributed by atoms with Crippen LogP contribution in [0.4, 0.5) is 5.69 Å². The molecule has 0 fully saturated rings. The maximum Gasteiger partial charge on any atom is 0.243 e. The van der Waals surface area contributed by atoms with Gasteiger partial charge in [-0.15, -0.1) is 0 Å². The number of rotatable bonds is 4. The molecule has 120 valence electrons. The lowest BCUT2D eigenvalue weighted by Crippen LogP contribution is -2.46. The predicted octanol–water partition coefficient (Wildman–Crippen LogP) is 3.38. The fourth-order valence-corrected chi connectivity index (χ4v) is 4.79. The summed E-state index contributed by atoms with van der Waals surface area (Å²) in [7, 11) is -3.65. The zero-order valence-corrected chi connectivity index (χ0v) is 15.0. The van der Waals surface area contributed by atoms with Gasteiger partial charge in [0.2, 0.25) is 10.0 Å². The van der Waals surface area contributed by atoms with Gasteiger partial charge in [-0.3, -0.25) is 0 Å². The van der Waals surface area contributed by atoms with Crippen LogP contribution in [-0.4, -0.2) is 14.0 Å². The normalized spacial score (nSPS) is 13.5. The Balaban J connectivity index is 3.23. The average Bonchev–Trinajstić information content (AvgIpc) is 2.18. The Morgan fingerprint density at radius 3 is 2.10 bits per heavy atom. The number of aryl methyl sites for hydroxylation is 1. The molecule has 0 unspecified atom stereocenters. The number of hydrogen-bond acceptors (Lipinski definition) is 3. The molecule has 0 bridgehead atoms. The molecule has 0 aliphatic rings. The first kappa shape index (κ1) is 18.0. The minimum Gasteiger partial charge on any atom is -0.398 e. The van der Waals surface area contributed by atoms with E-state index in [0.29, 0.717) is 5.56 Å². The first-order valence-electron chi connectivity index (χ1n) is 7.15. The molecule has 0 heterocycles. The van der Waals surface area contributed by atoms with Crippen LogP contribution in [-0.2, 0) is 10.0 Å². The standard InChI is InChI=1S/C16H28N2O2S/c1-11-8-9-13(17)14(12(11)2)21(19,20)18-16(6,7)10-15(3,4)5/h8-9,18H,10,17H2,1-7H3. The maximum absolute atomic E-state index is 12.7. The van der Waals surface area contributed by atoms with E-state index in [1.807, 2.05) is 26.8 Å². The predicted molar refractivity (Wildman–Crippen MR) is 88.8 cm³/mol. The smallest absolute Gasteiger partial charge is 0.243 e. The van der Waals surface area contributed by atoms with E-state index >= 15 is 0 Å². The second kappa shape index (κ2) is 5.61. The minimum absolute atomic E-state index is 0.0270. The highest BCUT2D eigenvalue weighted by Gasteiger charge is 2.32. The summed E-state index contributed by atoms with van der Waals surface area (Å²) in [6, 6.07) is 3.48. The SMILES string of the molecule is Cc1ccc(N)c(S(=O)(=O)NC(C)(C)CC(C)(C)C)c1C. The molecule has 0 aromatic heterocycles. The summed E-state index contributed by atoms with van der Waals surface area (Å²) in [5, 5.41) is 0. The molecule has 0 aliphatic carbocycles. The largest absolute Gasteiger partial charge is 0.398 e. The van der Waals surface area contributed by atoms with Gasteiger partial charge in [0.25, 0.3) is 0 Å². The molecule has 4 nitrogen and oxygen atoms in total. The molecule has 1 rings (SSSR count). The van der Waals surface area contributed by atoms with Crippen molar-refractivity contribution in [3.8, 4) is 0 Å². The van der Waals surface area contributed by atoms with Gasteiger partial charge in [-0.2, -0.15) is 0 Å². The molecule has 0 atom stereocenters. The molecule has 5 heteroatoms. The summed E-state index contributed by atoms with van der Waals surface area (Å²) < 4.78 is 28.3. The van der Waals surface area contributed by atoms with Crippen LogP contribution in [0, 0.1) is 19.3 Å². The highest BCUT2D eigenvalue weighted by molar-refractivity contribution is 7.89. The van der Waals surface area contributed by atoms with E-state index in [1.54, 1.807) is 13.0 Å². The molecule has 0 saturated heterocycles. The van der Waals surface area contributed by atoms with Gasteiger partial charge < -0.3 is 5.73 Å². The van der Waals surface area contributed by atoms with Crippen LogP contribution in [0.3, 0.4) is 0 Å². The van der Waals surface area contributed by atoms with Crippen molar-refractivity contribution < 1.29 is 8.42 Å². The molecule has 1 aromatic rings. The van der Waals surface area contributed by atoms with Gasteiger partial charge in [0.15, 0.2) is 0 Å². The van der Waals surface area contributed by atoms with Gasteiger partial charge in [-0.05, 0) is 56.7 Å². The van der Waals surface area contributed by atoms with Gasteiger partial charge in [0.05, 0.1) is 5.69 Å². The van der Waals surface area contributed by atoms with Crippen molar-refractivity contribution in [3.63, 3.8) is 0 Å². The summed E-state index contributed by atoms with van der Waals surface area (Å²) in [6.45, 7) is 13.7. The van der Waals surface area contributed by atoms with Gasteiger partial charge in [-0.1, -0.05) is 26.8 Å². The van der Waals surface area contributed by atoms with Crippen LogP contribution in [0.5, 0.6) is 0 Å². The van der Waals surface area contributed by atoms with Crippen LogP contribution in [0.1, 0.15) is 52.2 Å². The third-order valence-corrected chi connectivity index (χ3v) is 5.26. The van der Waals surface area contributed by atoms with Crippen LogP contribution in [0.15, 0.2) is 17.0 Å². The summed E-state index contributed by atoms with van der Waals surface area (Å²) in [6.07, 6.45) is 0.726. The number of hydrogen-bond donors (Lipinski definition) is 2. The average molecular weight is 312 g/mol. The molecular weight excluding hydrogens is 284 g/mol. The number of sulfonamides is 1. The van der Waals surface area contributed by atoms with E-state index in [4.69, 9.17) is 5.73 Å². The van der Waals surface area contributed by atoms with Crippen molar-refractivity contribution >= 4 is 15.7 Å². The van der Waals surface area contributed by atoms with Crippen molar-refractivity contribution in [2.75, 3.05) is 5.73 Å². The number of nitrogens with two attached hydrogens (primary N) is 1. The number of nitrogen functional groups attached to an aromatic ring is 1. The lowest BCUT2D eigenvalue weighted by molar-refractivity contribution is 0.269. The van der Waals surface area contributed by atoms with E-state index in [1.165, 1.54) is 0 Å². The Kier molecular flexibility index (Phi) is 4.81. The molecule has 21 heavy (non-hydrogen) atoms. The number of nitrogens with one attached hydrogen (secondary N) is 1. The van der Waals surface area contributed by atoms with Crippen LogP contribution in [0.2, 0.25) is 0 Å². The third kappa shape index (κ3) is 4.71. The highest BCUT2D eigenvalue weighted by atomic mass is 32.2. The summed E-state index contributed by atoms with van der Waals surface area (Å²) in [5.74, 6) is 0. The summed E-state index contributed by atoms with van der Waals surface area (Å²) in [4.78, 5) is 0.199. The van der Waals surface area contributed by atoms with Crippen molar-refractivity contribution in [1.82, 2.24) is 4.72 Å². The van der Waals surface area contributed by atoms with Crippen molar-refractivity contribution in [3.05, 3.63) is 23.3 Å². The number of benzene rings is 1. The molecule has 0 amide bonds. The fourth-order valence-electron chi connectivity index (χ4n) is 2.94. The van der Waals surface area contributed by atoms with E-state index in [2.05, 4.69) is 25.5 Å². The molecule has 0 spiro atoms. The molecular formula is C16H28N2O2S. The van der Waals surface area contributed by atoms with Crippen molar-refractivity contribution in [1.29, 1.82) is 0 Å². The Hall–Kier alpha value is -1.07. The van der Waals surface area contributed by atoms with Crippen molar-refractivity contribution in [2.24, 2.45) is 5.41 Å². The van der Waals surface area contributed by atoms with Crippen molar-refractivity contribution in [2.45, 2.75) is 65.3 Å². The molecule has 0 aliphatic heterocycles. The molecule has 3 N–H and O–H groups in total. The Morgan fingerprint density at radius 2 is 1.62 bits per heavy atom. The van der Waals surface area contributed by atoms with Crippen LogP contribution in [0.25, 0.3) is 0 Å². The second-order valence-electron chi connectivity index (χ2n) is 7.65. The topological polar surface area (TPSA) is 72.2 Å². The first-order chi connectivity index (χ1) is 9.25. The van der Waals surface area contributed by atoms with E-state index in [9.17, 15) is 8.42 Å². The maximum atomic E-state index is 12.7. The lowest BCUT2D eigenvalue weighted by Gasteiger charge is -2.33. The number of anilines is 1. The quantitative estimate of drug-likeness (QED) is 0.837. The van der Waals surface area contributed by atoms with Gasteiger partial charge in [0, 0.05) is 5.54 Å². The van der Waals surface area contributed by atoms with Gasteiger partial charge in [0.1, 0.15) is 4.90 Å². The van der Waals surface area contributed by atoms with Gasteiger partial charge >= 0.3 is 0 Å². The van der Waals surface area contributed by atoms with Gasteiger partial charge in [-0.25, -0.2) is 13.1 Å².